The van der Waals surface area contributed by atoms with Gasteiger partial charge in [0.2, 0.25) is 5.91 Å². The van der Waals surface area contributed by atoms with E-state index in [2.05, 4.69) is 5.32 Å². The summed E-state index contributed by atoms with van der Waals surface area (Å²) >= 11 is 0. The van der Waals surface area contributed by atoms with Gasteiger partial charge in [-0.1, -0.05) is 25.7 Å². The fourth-order valence-corrected chi connectivity index (χ4v) is 2.70. The van der Waals surface area contributed by atoms with Crippen molar-refractivity contribution in [1.29, 1.82) is 0 Å². The zero-order valence-electron chi connectivity index (χ0n) is 11.6. The number of amides is 1. The molecular formula is C15H24N2O2. The van der Waals surface area contributed by atoms with Crippen LogP contribution in [0.25, 0.3) is 0 Å². The highest BCUT2D eigenvalue weighted by molar-refractivity contribution is 5.79. The Balaban J connectivity index is 1.85. The largest absolute Gasteiger partial charge is 0.388 e. The Morgan fingerprint density at radius 1 is 1.26 bits per heavy atom. The second-order valence-electron chi connectivity index (χ2n) is 5.66. The molecule has 0 radical (unpaired) electrons. The third kappa shape index (κ3) is 3.83. The fraction of sp³-hybridized carbons (Fsp3) is 0.667. The molecule has 1 fully saturated rings. The Labute approximate surface area is 114 Å². The first-order chi connectivity index (χ1) is 9.11. The molecule has 1 aliphatic rings. The molecule has 1 unspecified atom stereocenters. The van der Waals surface area contributed by atoms with Crippen LogP contribution in [0, 0.1) is 0 Å². The minimum absolute atomic E-state index is 0.0335. The number of carbonyl (C=O) groups is 1. The number of rotatable bonds is 4. The standard InChI is InChI=1S/C15H24N2O2/c1-13(17-10-6-7-11-17)14(18)16-12-15(19)8-4-2-3-5-9-15/h6-7,10-11,13,19H,2-5,8-9,12H2,1H3,(H,16,18). The Hall–Kier alpha value is -1.29. The van der Waals surface area contributed by atoms with E-state index in [4.69, 9.17) is 0 Å². The van der Waals surface area contributed by atoms with Gasteiger partial charge in [-0.2, -0.15) is 0 Å². The van der Waals surface area contributed by atoms with Crippen molar-refractivity contribution in [1.82, 2.24) is 9.88 Å². The number of carbonyl (C=O) groups excluding carboxylic acids is 1. The molecule has 0 saturated heterocycles. The van der Waals surface area contributed by atoms with Gasteiger partial charge >= 0.3 is 0 Å². The molecule has 1 heterocycles. The molecule has 2 N–H and O–H groups in total. The molecule has 2 rings (SSSR count). The lowest BCUT2D eigenvalue weighted by Gasteiger charge is -2.27. The van der Waals surface area contributed by atoms with Gasteiger partial charge < -0.3 is 15.0 Å². The molecule has 1 aromatic heterocycles. The van der Waals surface area contributed by atoms with Gasteiger partial charge in [-0.25, -0.2) is 0 Å². The molecule has 0 bridgehead atoms. The van der Waals surface area contributed by atoms with E-state index < -0.39 is 5.60 Å². The van der Waals surface area contributed by atoms with Crippen molar-refractivity contribution in [3.05, 3.63) is 24.5 Å². The van der Waals surface area contributed by atoms with Crippen LogP contribution in [0.5, 0.6) is 0 Å². The predicted octanol–water partition coefficient (Wildman–Crippen LogP) is 2.25. The summed E-state index contributed by atoms with van der Waals surface area (Å²) in [5.41, 5.74) is -0.706. The van der Waals surface area contributed by atoms with E-state index in [1.807, 2.05) is 36.0 Å². The molecule has 106 valence electrons. The van der Waals surface area contributed by atoms with Gasteiger partial charge in [0, 0.05) is 18.9 Å². The average molecular weight is 264 g/mol. The maximum absolute atomic E-state index is 12.1. The number of aromatic nitrogens is 1. The molecule has 0 aliphatic heterocycles. The van der Waals surface area contributed by atoms with E-state index in [9.17, 15) is 9.90 Å². The third-order valence-electron chi connectivity index (χ3n) is 4.08. The van der Waals surface area contributed by atoms with E-state index in [1.54, 1.807) is 0 Å². The maximum Gasteiger partial charge on any atom is 0.242 e. The summed E-state index contributed by atoms with van der Waals surface area (Å²) < 4.78 is 1.87. The number of nitrogens with zero attached hydrogens (tertiary/aromatic N) is 1. The molecular weight excluding hydrogens is 240 g/mol. The number of hydrogen-bond donors (Lipinski definition) is 2. The van der Waals surface area contributed by atoms with Crippen molar-refractivity contribution in [2.75, 3.05) is 6.54 Å². The molecule has 4 nitrogen and oxygen atoms in total. The summed E-state index contributed by atoms with van der Waals surface area (Å²) in [6.07, 6.45) is 9.84. The normalized spacial score (nSPS) is 20.5. The minimum Gasteiger partial charge on any atom is -0.388 e. The molecule has 1 aromatic rings. The lowest BCUT2D eigenvalue weighted by atomic mass is 9.94. The van der Waals surface area contributed by atoms with E-state index in [0.29, 0.717) is 6.54 Å². The SMILES string of the molecule is CC(C(=O)NCC1(O)CCCCCC1)n1cccc1. The molecule has 1 amide bonds. The van der Waals surface area contributed by atoms with Crippen LogP contribution in [0.3, 0.4) is 0 Å². The minimum atomic E-state index is -0.706. The maximum atomic E-state index is 12.1. The van der Waals surface area contributed by atoms with Crippen LogP contribution in [0.2, 0.25) is 0 Å². The second kappa shape index (κ2) is 6.24. The zero-order chi connectivity index (χ0) is 13.7. The van der Waals surface area contributed by atoms with Gasteiger partial charge in [0.15, 0.2) is 0 Å². The highest BCUT2D eigenvalue weighted by atomic mass is 16.3. The Bertz CT molecular complexity index is 392. The lowest BCUT2D eigenvalue weighted by molar-refractivity contribution is -0.125. The first-order valence-corrected chi connectivity index (χ1v) is 7.23. The van der Waals surface area contributed by atoms with Crippen molar-refractivity contribution in [2.45, 2.75) is 57.1 Å². The molecule has 1 saturated carbocycles. The van der Waals surface area contributed by atoms with E-state index in [0.717, 1.165) is 25.7 Å². The predicted molar refractivity (Wildman–Crippen MR) is 74.8 cm³/mol. The number of nitrogens with one attached hydrogen (secondary N) is 1. The van der Waals surface area contributed by atoms with Crippen LogP contribution in [0.4, 0.5) is 0 Å². The quantitative estimate of drug-likeness (QED) is 0.820. The Morgan fingerprint density at radius 2 is 1.84 bits per heavy atom. The summed E-state index contributed by atoms with van der Waals surface area (Å²) in [5.74, 6) is -0.0335. The third-order valence-corrected chi connectivity index (χ3v) is 4.08. The molecule has 1 aliphatic carbocycles. The van der Waals surface area contributed by atoms with Crippen molar-refractivity contribution in [3.8, 4) is 0 Å². The van der Waals surface area contributed by atoms with Crippen LogP contribution < -0.4 is 5.32 Å². The Morgan fingerprint density at radius 3 is 2.42 bits per heavy atom. The highest BCUT2D eigenvalue weighted by Gasteiger charge is 2.29. The molecule has 0 spiro atoms. The fourth-order valence-electron chi connectivity index (χ4n) is 2.70. The van der Waals surface area contributed by atoms with Gasteiger partial charge in [-0.05, 0) is 31.9 Å². The van der Waals surface area contributed by atoms with Crippen molar-refractivity contribution < 1.29 is 9.90 Å². The van der Waals surface area contributed by atoms with Crippen molar-refractivity contribution in [2.24, 2.45) is 0 Å². The molecule has 1 atom stereocenters. The average Bonchev–Trinajstić information content (AvgIpc) is 2.85. The molecule has 0 aromatic carbocycles. The summed E-state index contributed by atoms with van der Waals surface area (Å²) in [7, 11) is 0. The van der Waals surface area contributed by atoms with E-state index >= 15 is 0 Å². The molecule has 19 heavy (non-hydrogen) atoms. The van der Waals surface area contributed by atoms with E-state index in [1.165, 1.54) is 12.8 Å². The summed E-state index contributed by atoms with van der Waals surface area (Å²) in [6.45, 7) is 2.24. The summed E-state index contributed by atoms with van der Waals surface area (Å²) in [6, 6.07) is 3.58. The zero-order valence-corrected chi connectivity index (χ0v) is 11.6. The summed E-state index contributed by atoms with van der Waals surface area (Å²) in [4.78, 5) is 12.1. The summed E-state index contributed by atoms with van der Waals surface area (Å²) in [5, 5.41) is 13.4. The van der Waals surface area contributed by atoms with Crippen LogP contribution in [-0.2, 0) is 4.79 Å². The second-order valence-corrected chi connectivity index (χ2v) is 5.66. The smallest absolute Gasteiger partial charge is 0.242 e. The van der Waals surface area contributed by atoms with E-state index in [-0.39, 0.29) is 11.9 Å². The Kier molecular flexibility index (Phi) is 4.64. The number of aliphatic hydroxyl groups is 1. The van der Waals surface area contributed by atoms with Gasteiger partial charge in [0.1, 0.15) is 6.04 Å². The van der Waals surface area contributed by atoms with Crippen LogP contribution in [-0.4, -0.2) is 27.7 Å². The van der Waals surface area contributed by atoms with Gasteiger partial charge in [-0.15, -0.1) is 0 Å². The first-order valence-electron chi connectivity index (χ1n) is 7.23. The van der Waals surface area contributed by atoms with Gasteiger partial charge in [-0.3, -0.25) is 4.79 Å². The number of hydrogen-bond acceptors (Lipinski definition) is 2. The first kappa shape index (κ1) is 14.1. The monoisotopic (exact) mass is 264 g/mol. The van der Waals surface area contributed by atoms with Crippen LogP contribution >= 0.6 is 0 Å². The topological polar surface area (TPSA) is 54.3 Å². The van der Waals surface area contributed by atoms with Gasteiger partial charge in [0.25, 0.3) is 0 Å². The van der Waals surface area contributed by atoms with Crippen molar-refractivity contribution >= 4 is 5.91 Å². The van der Waals surface area contributed by atoms with Crippen molar-refractivity contribution in [3.63, 3.8) is 0 Å². The van der Waals surface area contributed by atoms with Crippen LogP contribution in [0.15, 0.2) is 24.5 Å². The lowest BCUT2D eigenvalue weighted by Crippen LogP contribution is -2.44. The van der Waals surface area contributed by atoms with Gasteiger partial charge in [0.05, 0.1) is 5.60 Å². The highest BCUT2D eigenvalue weighted by Crippen LogP contribution is 2.26. The molecule has 4 heteroatoms. The van der Waals surface area contributed by atoms with Crippen LogP contribution in [0.1, 0.15) is 51.5 Å².